The van der Waals surface area contributed by atoms with Crippen molar-refractivity contribution in [2.24, 2.45) is 5.92 Å². The Bertz CT molecular complexity index is 642. The number of amides is 2. The van der Waals surface area contributed by atoms with E-state index in [2.05, 4.69) is 23.9 Å². The molecule has 0 aromatic carbocycles. The number of allylic oxidation sites excluding steroid dienone is 3. The van der Waals surface area contributed by atoms with Crippen LogP contribution >= 0.6 is 0 Å². The molecule has 0 saturated carbocycles. The Morgan fingerprint density at radius 3 is 2.89 bits per heavy atom. The summed E-state index contributed by atoms with van der Waals surface area (Å²) in [5.41, 5.74) is 6.80. The molecule has 154 valence electrons. The minimum absolute atomic E-state index is 0.0537. The van der Waals surface area contributed by atoms with Crippen LogP contribution in [0.4, 0.5) is 0 Å². The molecule has 0 radical (unpaired) electrons. The van der Waals surface area contributed by atoms with Gasteiger partial charge in [-0.05, 0) is 24.8 Å². The summed E-state index contributed by atoms with van der Waals surface area (Å²) < 4.78 is 10.7. The lowest BCUT2D eigenvalue weighted by atomic mass is 9.97. The van der Waals surface area contributed by atoms with Crippen LogP contribution in [0.2, 0.25) is 0 Å². The van der Waals surface area contributed by atoms with E-state index in [1.54, 1.807) is 0 Å². The van der Waals surface area contributed by atoms with Gasteiger partial charge in [-0.15, -0.1) is 0 Å². The molecule has 2 atom stereocenters. The van der Waals surface area contributed by atoms with Gasteiger partial charge in [-0.3, -0.25) is 20.2 Å². The van der Waals surface area contributed by atoms with E-state index >= 15 is 0 Å². The minimum atomic E-state index is -0.521. The number of nitrogens with zero attached hydrogens (tertiary/aromatic N) is 1. The number of ether oxygens (including phenoxy) is 2. The molecular formula is C20H29N3O5. The van der Waals surface area contributed by atoms with E-state index in [1.165, 1.54) is 18.8 Å². The zero-order valence-electron chi connectivity index (χ0n) is 16.2. The average Bonchev–Trinajstić information content (AvgIpc) is 2.74. The Morgan fingerprint density at radius 2 is 2.25 bits per heavy atom. The fourth-order valence-electron chi connectivity index (χ4n) is 3.08. The second-order valence-electron chi connectivity index (χ2n) is 6.74. The van der Waals surface area contributed by atoms with Crippen molar-refractivity contribution in [2.45, 2.75) is 51.5 Å². The molecule has 0 saturated heterocycles. The Balaban J connectivity index is 2.02. The van der Waals surface area contributed by atoms with E-state index in [0.29, 0.717) is 23.7 Å². The van der Waals surface area contributed by atoms with Gasteiger partial charge in [-0.25, -0.2) is 10.5 Å². The quantitative estimate of drug-likeness (QED) is 0.205. The fourth-order valence-corrected chi connectivity index (χ4v) is 3.08. The standard InChI is InChI=1S/C20H29N3O5/c1-2-3-5-10-17(13-23(26)15-24)20(25)22-21-19(16-8-6-4-7-9-16)18-14-27-11-12-28-18/h4,6,8,11-12,14-15,17,19,21,26H,2-3,5,7,9-10,13H2,1H3,(H,22,25)/t17-,19?/m0/s1. The number of rotatable bonds is 12. The van der Waals surface area contributed by atoms with Crippen LogP contribution in [0.3, 0.4) is 0 Å². The molecule has 1 unspecified atom stereocenters. The Morgan fingerprint density at radius 1 is 1.39 bits per heavy atom. The van der Waals surface area contributed by atoms with Crippen LogP contribution in [0.1, 0.15) is 45.4 Å². The van der Waals surface area contributed by atoms with E-state index in [0.717, 1.165) is 37.7 Å². The third-order valence-electron chi connectivity index (χ3n) is 4.62. The van der Waals surface area contributed by atoms with Gasteiger partial charge in [-0.1, -0.05) is 44.4 Å². The lowest BCUT2D eigenvalue weighted by Gasteiger charge is -2.27. The number of carbonyl (C=O) groups is 2. The molecule has 2 amide bonds. The first-order chi connectivity index (χ1) is 13.7. The second kappa shape index (κ2) is 12.0. The molecule has 8 heteroatoms. The van der Waals surface area contributed by atoms with Gasteiger partial charge in [0, 0.05) is 0 Å². The summed E-state index contributed by atoms with van der Waals surface area (Å²) in [5, 5.41) is 10.0. The van der Waals surface area contributed by atoms with Crippen LogP contribution in [0.25, 0.3) is 0 Å². The highest BCUT2D eigenvalue weighted by Gasteiger charge is 2.26. The van der Waals surface area contributed by atoms with Gasteiger partial charge in [0.25, 0.3) is 0 Å². The molecule has 3 N–H and O–H groups in total. The summed E-state index contributed by atoms with van der Waals surface area (Å²) in [6.07, 6.45) is 15.8. The lowest BCUT2D eigenvalue weighted by molar-refractivity contribution is -0.154. The molecule has 0 spiro atoms. The van der Waals surface area contributed by atoms with Gasteiger partial charge in [0.1, 0.15) is 24.8 Å². The first-order valence-corrected chi connectivity index (χ1v) is 9.64. The van der Waals surface area contributed by atoms with Crippen molar-refractivity contribution < 1.29 is 24.3 Å². The predicted octanol–water partition coefficient (Wildman–Crippen LogP) is 2.66. The fraction of sp³-hybridized carbons (Fsp3) is 0.500. The number of hydrazine groups is 1. The molecule has 0 aromatic rings. The zero-order chi connectivity index (χ0) is 20.2. The van der Waals surface area contributed by atoms with E-state index < -0.39 is 5.92 Å². The summed E-state index contributed by atoms with van der Waals surface area (Å²) in [4.78, 5) is 23.4. The van der Waals surface area contributed by atoms with Crippen LogP contribution in [0, 0.1) is 5.92 Å². The van der Waals surface area contributed by atoms with Gasteiger partial charge in [0.2, 0.25) is 12.3 Å². The summed E-state index contributed by atoms with van der Waals surface area (Å²) in [6, 6.07) is -0.383. The van der Waals surface area contributed by atoms with Crippen LogP contribution in [-0.2, 0) is 19.1 Å². The highest BCUT2D eigenvalue weighted by atomic mass is 16.5. The number of nitrogens with one attached hydrogen (secondary N) is 2. The molecule has 1 heterocycles. The monoisotopic (exact) mass is 391 g/mol. The van der Waals surface area contributed by atoms with Crippen LogP contribution < -0.4 is 10.9 Å². The van der Waals surface area contributed by atoms with Crippen molar-refractivity contribution in [3.05, 3.63) is 48.3 Å². The normalized spacial score (nSPS) is 17.5. The van der Waals surface area contributed by atoms with Crippen molar-refractivity contribution in [2.75, 3.05) is 6.54 Å². The maximum absolute atomic E-state index is 12.7. The third kappa shape index (κ3) is 6.86. The summed E-state index contributed by atoms with van der Waals surface area (Å²) in [5.74, 6) is -0.280. The molecule has 0 fully saturated rings. The molecule has 0 bridgehead atoms. The van der Waals surface area contributed by atoms with Gasteiger partial charge in [-0.2, -0.15) is 0 Å². The van der Waals surface area contributed by atoms with E-state index in [9.17, 15) is 14.8 Å². The maximum Gasteiger partial charge on any atom is 0.239 e. The Labute approximate surface area is 165 Å². The van der Waals surface area contributed by atoms with Crippen molar-refractivity contribution in [3.8, 4) is 0 Å². The van der Waals surface area contributed by atoms with Gasteiger partial charge < -0.3 is 9.47 Å². The number of carbonyl (C=O) groups excluding carboxylic acids is 2. The molecule has 1 aliphatic carbocycles. The number of unbranched alkanes of at least 4 members (excludes halogenated alkanes) is 2. The zero-order valence-corrected chi connectivity index (χ0v) is 16.2. The lowest BCUT2D eigenvalue weighted by Crippen LogP contribution is -2.50. The third-order valence-corrected chi connectivity index (χ3v) is 4.62. The topological polar surface area (TPSA) is 100 Å². The highest BCUT2D eigenvalue weighted by molar-refractivity contribution is 5.78. The molecule has 2 rings (SSSR count). The van der Waals surface area contributed by atoms with E-state index in [1.807, 2.05) is 12.2 Å². The first kappa shape index (κ1) is 21.7. The molecule has 2 aliphatic rings. The van der Waals surface area contributed by atoms with Crippen molar-refractivity contribution >= 4 is 12.3 Å². The molecular weight excluding hydrogens is 362 g/mol. The van der Waals surface area contributed by atoms with E-state index in [4.69, 9.17) is 9.47 Å². The van der Waals surface area contributed by atoms with Crippen LogP contribution in [0.5, 0.6) is 0 Å². The molecule has 1 aliphatic heterocycles. The van der Waals surface area contributed by atoms with Crippen molar-refractivity contribution in [1.82, 2.24) is 15.9 Å². The van der Waals surface area contributed by atoms with Gasteiger partial charge >= 0.3 is 0 Å². The van der Waals surface area contributed by atoms with Gasteiger partial charge in [0.15, 0.2) is 5.76 Å². The van der Waals surface area contributed by atoms with Crippen molar-refractivity contribution in [1.29, 1.82) is 0 Å². The smallest absolute Gasteiger partial charge is 0.239 e. The first-order valence-electron chi connectivity index (χ1n) is 9.64. The molecule has 8 nitrogen and oxygen atoms in total. The minimum Gasteiger partial charge on any atom is -0.466 e. The van der Waals surface area contributed by atoms with Crippen molar-refractivity contribution in [3.63, 3.8) is 0 Å². The van der Waals surface area contributed by atoms with Crippen LogP contribution in [0.15, 0.2) is 48.3 Å². The molecule has 28 heavy (non-hydrogen) atoms. The maximum atomic E-state index is 12.7. The average molecular weight is 391 g/mol. The highest BCUT2D eigenvalue weighted by Crippen LogP contribution is 2.23. The van der Waals surface area contributed by atoms with E-state index in [-0.39, 0.29) is 18.5 Å². The number of hydrogen-bond acceptors (Lipinski definition) is 6. The summed E-state index contributed by atoms with van der Waals surface area (Å²) >= 11 is 0. The number of hydrogen-bond donors (Lipinski definition) is 3. The molecule has 0 aromatic heterocycles. The van der Waals surface area contributed by atoms with Crippen LogP contribution in [-0.4, -0.2) is 35.2 Å². The predicted molar refractivity (Wildman–Crippen MR) is 103 cm³/mol. The van der Waals surface area contributed by atoms with Gasteiger partial charge in [0.05, 0.1) is 12.5 Å². The number of hydroxylamine groups is 2. The SMILES string of the molecule is CCCCC[C@@H](CN(O)C=O)C(=O)NNC(C1=CC=CCC1)C1=COC=CO1. The largest absolute Gasteiger partial charge is 0.466 e. The Kier molecular flexibility index (Phi) is 9.30. The second-order valence-corrected chi connectivity index (χ2v) is 6.74. The Hall–Kier alpha value is -2.58. The summed E-state index contributed by atoms with van der Waals surface area (Å²) in [7, 11) is 0. The summed E-state index contributed by atoms with van der Waals surface area (Å²) in [6.45, 7) is 2.02.